The number of hydrogen-bond donors (Lipinski definition) is 1. The summed E-state index contributed by atoms with van der Waals surface area (Å²) in [5, 5.41) is 2.94. The summed E-state index contributed by atoms with van der Waals surface area (Å²) < 4.78 is 5.88. The molecule has 0 aliphatic carbocycles. The van der Waals surface area contributed by atoms with Gasteiger partial charge in [-0.25, -0.2) is 0 Å². The molecule has 0 heterocycles. The van der Waals surface area contributed by atoms with Gasteiger partial charge in [-0.15, -0.1) is 0 Å². The van der Waals surface area contributed by atoms with Crippen LogP contribution in [0, 0.1) is 27.7 Å². The molecule has 0 spiro atoms. The monoisotopic (exact) mass is 311 g/mol. The quantitative estimate of drug-likeness (QED) is 0.906. The molecule has 122 valence electrons. The Hall–Kier alpha value is -2.29. The van der Waals surface area contributed by atoms with Crippen LogP contribution in [0.1, 0.15) is 34.7 Å². The third-order valence-corrected chi connectivity index (χ3v) is 4.15. The molecule has 0 aliphatic rings. The van der Waals surface area contributed by atoms with E-state index < -0.39 is 6.10 Å². The Balaban J connectivity index is 1.99. The minimum absolute atomic E-state index is 0.105. The number of hydrogen-bond acceptors (Lipinski definition) is 2. The lowest BCUT2D eigenvalue weighted by Crippen LogP contribution is -2.36. The number of benzene rings is 2. The molecule has 1 N–H and O–H groups in total. The minimum atomic E-state index is -0.529. The highest BCUT2D eigenvalue weighted by atomic mass is 16.5. The molecule has 0 saturated heterocycles. The average molecular weight is 311 g/mol. The molecular formula is C20H25NO2. The van der Waals surface area contributed by atoms with E-state index in [1.165, 1.54) is 11.1 Å². The molecule has 2 aromatic rings. The molecule has 0 bridgehead atoms. The van der Waals surface area contributed by atoms with Crippen LogP contribution in [0.15, 0.2) is 36.4 Å². The first kappa shape index (κ1) is 17.1. The molecular weight excluding hydrogens is 286 g/mol. The molecule has 23 heavy (non-hydrogen) atoms. The van der Waals surface area contributed by atoms with Crippen molar-refractivity contribution in [3.63, 3.8) is 0 Å². The van der Waals surface area contributed by atoms with Gasteiger partial charge in [-0.1, -0.05) is 30.3 Å². The van der Waals surface area contributed by atoms with Gasteiger partial charge in [-0.2, -0.15) is 0 Å². The summed E-state index contributed by atoms with van der Waals surface area (Å²) in [6.45, 7) is 10.4. The fourth-order valence-electron chi connectivity index (χ4n) is 2.50. The second kappa shape index (κ2) is 7.32. The first-order chi connectivity index (χ1) is 10.9. The Bertz CT molecular complexity index is 707. The predicted molar refractivity (Wildman–Crippen MR) is 93.8 cm³/mol. The number of rotatable bonds is 5. The van der Waals surface area contributed by atoms with E-state index in [0.717, 1.165) is 22.4 Å². The van der Waals surface area contributed by atoms with Crippen molar-refractivity contribution in [3.8, 4) is 5.75 Å². The van der Waals surface area contributed by atoms with Crippen molar-refractivity contribution >= 4 is 5.91 Å². The summed E-state index contributed by atoms with van der Waals surface area (Å²) in [5.74, 6) is 0.674. The number of carbonyl (C=O) groups excluding carboxylic acids is 1. The summed E-state index contributed by atoms with van der Waals surface area (Å²) in [7, 11) is 0. The van der Waals surface area contributed by atoms with Gasteiger partial charge in [0, 0.05) is 6.54 Å². The average Bonchev–Trinajstić information content (AvgIpc) is 2.51. The van der Waals surface area contributed by atoms with Crippen molar-refractivity contribution in [2.45, 2.75) is 47.3 Å². The molecule has 0 fully saturated rings. The van der Waals surface area contributed by atoms with E-state index in [9.17, 15) is 4.79 Å². The van der Waals surface area contributed by atoms with Crippen molar-refractivity contribution in [1.29, 1.82) is 0 Å². The Kier molecular flexibility index (Phi) is 5.43. The maximum atomic E-state index is 12.3. The number of aryl methyl sites for hydroxylation is 3. The van der Waals surface area contributed by atoms with Gasteiger partial charge < -0.3 is 10.1 Å². The van der Waals surface area contributed by atoms with Crippen molar-refractivity contribution in [1.82, 2.24) is 5.32 Å². The van der Waals surface area contributed by atoms with Crippen LogP contribution in [-0.4, -0.2) is 12.0 Å². The maximum absolute atomic E-state index is 12.3. The van der Waals surface area contributed by atoms with Crippen LogP contribution in [0.2, 0.25) is 0 Å². The smallest absolute Gasteiger partial charge is 0.261 e. The molecule has 1 atom stereocenters. The highest BCUT2D eigenvalue weighted by Gasteiger charge is 2.16. The maximum Gasteiger partial charge on any atom is 0.261 e. The lowest BCUT2D eigenvalue weighted by Gasteiger charge is -2.18. The first-order valence-corrected chi connectivity index (χ1v) is 7.95. The molecule has 0 radical (unpaired) electrons. The van der Waals surface area contributed by atoms with Crippen molar-refractivity contribution in [2.24, 2.45) is 0 Å². The van der Waals surface area contributed by atoms with Crippen LogP contribution in [-0.2, 0) is 11.3 Å². The SMILES string of the molecule is Cc1cc(C)c(C)c(O[C@@H](C)C(=O)NCc2ccccc2C)c1. The Morgan fingerprint density at radius 2 is 1.78 bits per heavy atom. The molecule has 3 heteroatoms. The largest absolute Gasteiger partial charge is 0.481 e. The van der Waals surface area contributed by atoms with E-state index >= 15 is 0 Å². The van der Waals surface area contributed by atoms with Crippen LogP contribution >= 0.6 is 0 Å². The molecule has 0 aromatic heterocycles. The third-order valence-electron chi connectivity index (χ3n) is 4.15. The molecule has 1 amide bonds. The number of amides is 1. The van der Waals surface area contributed by atoms with Crippen LogP contribution in [0.25, 0.3) is 0 Å². The topological polar surface area (TPSA) is 38.3 Å². The van der Waals surface area contributed by atoms with E-state index in [-0.39, 0.29) is 5.91 Å². The van der Waals surface area contributed by atoms with Gasteiger partial charge >= 0.3 is 0 Å². The van der Waals surface area contributed by atoms with Crippen molar-refractivity contribution < 1.29 is 9.53 Å². The van der Waals surface area contributed by atoms with Gasteiger partial charge in [0.1, 0.15) is 5.75 Å². The molecule has 0 saturated carbocycles. The van der Waals surface area contributed by atoms with Crippen LogP contribution in [0.4, 0.5) is 0 Å². The third kappa shape index (κ3) is 4.35. The van der Waals surface area contributed by atoms with E-state index in [1.807, 2.05) is 51.1 Å². The summed E-state index contributed by atoms with van der Waals surface area (Å²) >= 11 is 0. The zero-order valence-corrected chi connectivity index (χ0v) is 14.6. The fraction of sp³-hybridized carbons (Fsp3) is 0.350. The predicted octanol–water partition coefficient (Wildman–Crippen LogP) is 4.00. The first-order valence-electron chi connectivity index (χ1n) is 7.95. The number of carbonyl (C=O) groups is 1. The van der Waals surface area contributed by atoms with E-state index in [1.54, 1.807) is 6.92 Å². The summed E-state index contributed by atoms with van der Waals surface area (Å²) in [6, 6.07) is 12.1. The molecule has 0 aliphatic heterocycles. The molecule has 3 nitrogen and oxygen atoms in total. The van der Waals surface area contributed by atoms with Gasteiger partial charge in [-0.3, -0.25) is 4.79 Å². The van der Waals surface area contributed by atoms with Gasteiger partial charge in [0.15, 0.2) is 6.10 Å². The van der Waals surface area contributed by atoms with Crippen LogP contribution in [0.5, 0.6) is 5.75 Å². The Morgan fingerprint density at radius 1 is 1.09 bits per heavy atom. The molecule has 2 rings (SSSR count). The van der Waals surface area contributed by atoms with Gasteiger partial charge in [0.25, 0.3) is 5.91 Å². The highest BCUT2D eigenvalue weighted by molar-refractivity contribution is 5.80. The molecule has 0 unspecified atom stereocenters. The van der Waals surface area contributed by atoms with Gasteiger partial charge in [0.2, 0.25) is 0 Å². The van der Waals surface area contributed by atoms with Crippen molar-refractivity contribution in [2.75, 3.05) is 0 Å². The Morgan fingerprint density at radius 3 is 2.48 bits per heavy atom. The normalized spacial score (nSPS) is 11.9. The lowest BCUT2D eigenvalue weighted by molar-refractivity contribution is -0.127. The van der Waals surface area contributed by atoms with Gasteiger partial charge in [-0.05, 0) is 68.5 Å². The van der Waals surface area contributed by atoms with Crippen LogP contribution < -0.4 is 10.1 Å². The van der Waals surface area contributed by atoms with E-state index in [0.29, 0.717) is 6.54 Å². The zero-order valence-electron chi connectivity index (χ0n) is 14.6. The highest BCUT2D eigenvalue weighted by Crippen LogP contribution is 2.24. The second-order valence-corrected chi connectivity index (χ2v) is 6.11. The summed E-state index contributed by atoms with van der Waals surface area (Å²) in [5.41, 5.74) is 5.68. The Labute approximate surface area is 138 Å². The molecule has 2 aromatic carbocycles. The lowest BCUT2D eigenvalue weighted by atomic mass is 10.1. The van der Waals surface area contributed by atoms with E-state index in [2.05, 4.69) is 18.3 Å². The van der Waals surface area contributed by atoms with Gasteiger partial charge in [0.05, 0.1) is 0 Å². The zero-order chi connectivity index (χ0) is 17.0. The fourth-order valence-corrected chi connectivity index (χ4v) is 2.50. The number of ether oxygens (including phenoxy) is 1. The van der Waals surface area contributed by atoms with Crippen LogP contribution in [0.3, 0.4) is 0 Å². The second-order valence-electron chi connectivity index (χ2n) is 6.11. The summed E-state index contributed by atoms with van der Waals surface area (Å²) in [4.78, 5) is 12.3. The minimum Gasteiger partial charge on any atom is -0.481 e. The van der Waals surface area contributed by atoms with Crippen molar-refractivity contribution in [3.05, 3.63) is 64.2 Å². The number of nitrogens with one attached hydrogen (secondary N) is 1. The van der Waals surface area contributed by atoms with E-state index in [4.69, 9.17) is 4.74 Å². The standard InChI is InChI=1S/C20H25NO2/c1-13-10-15(3)16(4)19(11-13)23-17(5)20(22)21-12-18-9-7-6-8-14(18)2/h6-11,17H,12H2,1-5H3,(H,21,22)/t17-/m0/s1. The summed E-state index contributed by atoms with van der Waals surface area (Å²) in [6.07, 6.45) is -0.529.